The minimum absolute atomic E-state index is 0.0237. The Hall–Kier alpha value is -2.52. The Morgan fingerprint density at radius 2 is 1.34 bits per heavy atom. The predicted octanol–water partition coefficient (Wildman–Crippen LogP) is 4.77. The number of nitrogens with zero attached hydrogens (tertiary/aromatic N) is 1. The summed E-state index contributed by atoms with van der Waals surface area (Å²) in [5.41, 5.74) is 0.790. The Bertz CT molecular complexity index is 1010. The number of carbonyl (C=O) groups excluding carboxylic acids is 1. The van der Waals surface area contributed by atoms with Crippen molar-refractivity contribution in [3.63, 3.8) is 0 Å². The first-order valence-corrected chi connectivity index (χ1v) is 10.1. The smallest absolute Gasteiger partial charge is 0.293 e. The molecule has 1 fully saturated rings. The maximum absolute atomic E-state index is 13.9. The number of anilines is 2. The molecule has 1 aliphatic rings. The first kappa shape index (κ1) is 25.7. The number of hydrogen-bond acceptors (Lipinski definition) is 5. The molecular formula is C16H14F9N3O3S. The molecule has 2 rings (SSSR count). The van der Waals surface area contributed by atoms with E-state index >= 15 is 0 Å². The molecule has 1 aliphatic carbocycles. The van der Waals surface area contributed by atoms with Crippen LogP contribution < -0.4 is 10.1 Å². The number of hydrazone groups is 1. The molecule has 16 heteroatoms. The zero-order chi connectivity index (χ0) is 24.6. The topological polar surface area (TPSA) is 87.6 Å². The van der Waals surface area contributed by atoms with Gasteiger partial charge >= 0.3 is 33.3 Å². The van der Waals surface area contributed by atoms with Crippen LogP contribution in [0.1, 0.15) is 25.7 Å². The molecule has 0 radical (unpaired) electrons. The molecule has 0 heterocycles. The van der Waals surface area contributed by atoms with Crippen LogP contribution in [0.25, 0.3) is 0 Å². The summed E-state index contributed by atoms with van der Waals surface area (Å²) in [6, 6.07) is 3.94. The number of carbonyl (C=O) groups is 1. The molecule has 0 unspecified atom stereocenters. The van der Waals surface area contributed by atoms with Gasteiger partial charge in [-0.25, -0.2) is 0 Å². The van der Waals surface area contributed by atoms with Gasteiger partial charge in [0.1, 0.15) is 5.71 Å². The molecule has 0 amide bonds. The van der Waals surface area contributed by atoms with Crippen molar-refractivity contribution < 1.29 is 52.7 Å². The summed E-state index contributed by atoms with van der Waals surface area (Å²) in [5, 5.41) is -3.21. The average molecular weight is 499 g/mol. The van der Waals surface area contributed by atoms with Gasteiger partial charge in [0.05, 0.1) is 11.4 Å². The monoisotopic (exact) mass is 499 g/mol. The van der Waals surface area contributed by atoms with Crippen LogP contribution >= 0.6 is 0 Å². The normalized spacial score (nSPS) is 18.0. The van der Waals surface area contributed by atoms with E-state index < -0.39 is 44.7 Å². The van der Waals surface area contributed by atoms with Crippen LogP contribution in [0.15, 0.2) is 29.4 Å². The summed E-state index contributed by atoms with van der Waals surface area (Å²) < 4.78 is 142. The molecule has 0 atom stereocenters. The van der Waals surface area contributed by atoms with Gasteiger partial charge in [0, 0.05) is 6.42 Å². The van der Waals surface area contributed by atoms with E-state index in [-0.39, 0.29) is 24.3 Å². The van der Waals surface area contributed by atoms with Crippen LogP contribution in [0.3, 0.4) is 0 Å². The lowest BCUT2D eigenvalue weighted by Crippen LogP contribution is -2.64. The number of nitrogens with one attached hydrogen (secondary N) is 2. The number of para-hydroxylation sites is 2. The second-order valence-electron chi connectivity index (χ2n) is 6.61. The number of benzene rings is 1. The zero-order valence-electron chi connectivity index (χ0n) is 15.6. The maximum Gasteiger partial charge on any atom is 0.460 e. The lowest BCUT2D eigenvalue weighted by molar-refractivity contribution is -0.382. The van der Waals surface area contributed by atoms with E-state index in [9.17, 15) is 52.7 Å². The van der Waals surface area contributed by atoms with Crippen molar-refractivity contribution in [2.24, 2.45) is 5.10 Å². The molecule has 0 saturated heterocycles. The van der Waals surface area contributed by atoms with Crippen molar-refractivity contribution in [2.45, 2.75) is 49.0 Å². The van der Waals surface area contributed by atoms with Crippen molar-refractivity contribution in [3.8, 4) is 0 Å². The number of hydrogen-bond donors (Lipinski definition) is 2. The van der Waals surface area contributed by atoms with Crippen LogP contribution in [-0.4, -0.2) is 43.2 Å². The fourth-order valence-corrected chi connectivity index (χ4v) is 3.58. The number of alkyl halides is 9. The highest BCUT2D eigenvalue weighted by Crippen LogP contribution is 2.54. The van der Waals surface area contributed by atoms with Gasteiger partial charge in [-0.05, 0) is 31.4 Å². The second-order valence-corrected chi connectivity index (χ2v) is 8.34. The largest absolute Gasteiger partial charge is 0.460 e. The third-order valence-electron chi connectivity index (χ3n) is 4.33. The minimum Gasteiger partial charge on any atom is -0.293 e. The molecule has 0 spiro atoms. The number of ketones is 1. The first-order valence-electron chi connectivity index (χ1n) is 8.63. The molecule has 1 aromatic rings. The van der Waals surface area contributed by atoms with Crippen LogP contribution in [0.2, 0.25) is 0 Å². The van der Waals surface area contributed by atoms with Crippen molar-refractivity contribution in [3.05, 3.63) is 24.3 Å². The van der Waals surface area contributed by atoms with Crippen molar-refractivity contribution >= 4 is 32.9 Å². The molecule has 1 aromatic carbocycles. The van der Waals surface area contributed by atoms with Gasteiger partial charge in [-0.2, -0.15) is 53.0 Å². The highest BCUT2D eigenvalue weighted by molar-refractivity contribution is 7.93. The van der Waals surface area contributed by atoms with E-state index in [1.807, 2.05) is 0 Å². The fraction of sp³-hybridized carbons (Fsp3) is 0.500. The van der Waals surface area contributed by atoms with E-state index in [4.69, 9.17) is 0 Å². The number of rotatable bonds is 7. The van der Waals surface area contributed by atoms with Gasteiger partial charge in [0.25, 0.3) is 0 Å². The molecule has 0 aromatic heterocycles. The molecular weight excluding hydrogens is 485 g/mol. The maximum atomic E-state index is 13.9. The molecule has 180 valence electrons. The Morgan fingerprint density at radius 3 is 1.88 bits per heavy atom. The second kappa shape index (κ2) is 8.44. The SMILES string of the molecule is O=C1CCCC/C1=N/Nc1ccccc1NS(=O)(=O)C(F)(F)C(F)(F)C(F)(F)C(F)(F)F. The van der Waals surface area contributed by atoms with E-state index in [0.717, 1.165) is 22.9 Å². The Balaban J connectivity index is 2.38. The third kappa shape index (κ3) is 4.49. The summed E-state index contributed by atoms with van der Waals surface area (Å²) in [6.07, 6.45) is -5.58. The number of Topliss-reactive ketones (excluding diaryl/α,β-unsaturated/α-hetero) is 1. The summed E-state index contributed by atoms with van der Waals surface area (Å²) in [6.45, 7) is 0. The van der Waals surface area contributed by atoms with Gasteiger partial charge in [-0.1, -0.05) is 12.1 Å². The van der Waals surface area contributed by atoms with Gasteiger partial charge < -0.3 is 0 Å². The molecule has 0 bridgehead atoms. The van der Waals surface area contributed by atoms with E-state index in [2.05, 4.69) is 10.5 Å². The first-order chi connectivity index (χ1) is 14.5. The molecule has 1 saturated carbocycles. The van der Waals surface area contributed by atoms with Crippen molar-refractivity contribution in [2.75, 3.05) is 10.1 Å². The number of halogens is 9. The van der Waals surface area contributed by atoms with E-state index in [1.165, 1.54) is 6.07 Å². The Kier molecular flexibility index (Phi) is 6.79. The van der Waals surface area contributed by atoms with Gasteiger partial charge in [0.2, 0.25) is 0 Å². The summed E-state index contributed by atoms with van der Waals surface area (Å²) in [7, 11) is -6.86. The highest BCUT2D eigenvalue weighted by atomic mass is 32.2. The van der Waals surface area contributed by atoms with Crippen LogP contribution in [0, 0.1) is 0 Å². The van der Waals surface area contributed by atoms with Crippen LogP contribution in [-0.2, 0) is 14.8 Å². The quantitative estimate of drug-likeness (QED) is 0.418. The number of sulfonamides is 1. The summed E-state index contributed by atoms with van der Waals surface area (Å²) >= 11 is 0. The van der Waals surface area contributed by atoms with Crippen molar-refractivity contribution in [1.82, 2.24) is 0 Å². The standard InChI is InChI=1S/C16H14F9N3O3S/c17-13(18,15(21,22)23)14(19,20)16(24,25)32(30,31)28-10-6-2-1-5-9(10)26-27-11-7-3-4-8-12(11)29/h1-2,5-6,26,28H,3-4,7-8H2/b27-11-. The predicted molar refractivity (Wildman–Crippen MR) is 94.4 cm³/mol. The summed E-state index contributed by atoms with van der Waals surface area (Å²) in [4.78, 5) is 11.7. The van der Waals surface area contributed by atoms with Crippen LogP contribution in [0.4, 0.5) is 50.9 Å². The Morgan fingerprint density at radius 1 is 0.812 bits per heavy atom. The average Bonchev–Trinajstić information content (AvgIpc) is 2.67. The van der Waals surface area contributed by atoms with Gasteiger partial charge in [-0.15, -0.1) is 0 Å². The highest BCUT2D eigenvalue weighted by Gasteiger charge is 2.85. The molecule has 32 heavy (non-hydrogen) atoms. The Labute approximate surface area is 174 Å². The van der Waals surface area contributed by atoms with E-state index in [1.54, 1.807) is 0 Å². The molecule has 2 N–H and O–H groups in total. The fourth-order valence-electron chi connectivity index (χ4n) is 2.52. The molecule has 6 nitrogen and oxygen atoms in total. The van der Waals surface area contributed by atoms with Crippen molar-refractivity contribution in [1.29, 1.82) is 0 Å². The van der Waals surface area contributed by atoms with Gasteiger partial charge in [-0.3, -0.25) is 14.9 Å². The lowest BCUT2D eigenvalue weighted by Gasteiger charge is -2.33. The van der Waals surface area contributed by atoms with E-state index in [0.29, 0.717) is 12.8 Å². The molecule has 0 aliphatic heterocycles. The lowest BCUT2D eigenvalue weighted by atomic mass is 9.97. The summed E-state index contributed by atoms with van der Waals surface area (Å²) in [5.74, 6) is -15.1. The zero-order valence-corrected chi connectivity index (χ0v) is 16.4. The third-order valence-corrected chi connectivity index (χ3v) is 5.75. The minimum atomic E-state index is -7.37. The van der Waals surface area contributed by atoms with Crippen LogP contribution in [0.5, 0.6) is 0 Å². The van der Waals surface area contributed by atoms with Gasteiger partial charge in [0.15, 0.2) is 5.78 Å².